The standard InChI is InChI=1S/C21H21ClN2O4/c1-2-21(25)24(11-14-4-3-5-16(22)8-14)12-17-10-18(23-28-17)15-6-7-19-20(9-15)27-13-26-19/h3-9,17H,2,10-13H2,1H3/t17-/m1/s1. The van der Waals surface area contributed by atoms with Crippen LogP contribution in [0.3, 0.4) is 0 Å². The third-order valence-corrected chi connectivity index (χ3v) is 5.02. The van der Waals surface area contributed by atoms with Crippen LogP contribution in [0.2, 0.25) is 5.02 Å². The molecule has 2 aliphatic rings. The molecule has 0 radical (unpaired) electrons. The molecule has 0 unspecified atom stereocenters. The maximum atomic E-state index is 12.4. The lowest BCUT2D eigenvalue weighted by Gasteiger charge is -2.24. The summed E-state index contributed by atoms with van der Waals surface area (Å²) in [6, 6.07) is 13.3. The fourth-order valence-electron chi connectivity index (χ4n) is 3.35. The van der Waals surface area contributed by atoms with Gasteiger partial charge in [0.15, 0.2) is 17.6 Å². The molecule has 4 rings (SSSR count). The van der Waals surface area contributed by atoms with E-state index in [-0.39, 0.29) is 18.8 Å². The Labute approximate surface area is 168 Å². The van der Waals surface area contributed by atoms with Crippen LogP contribution in [0, 0.1) is 0 Å². The Hall–Kier alpha value is -2.73. The fraction of sp³-hybridized carbons (Fsp3) is 0.333. The van der Waals surface area contributed by atoms with Gasteiger partial charge in [0.25, 0.3) is 0 Å². The number of halogens is 1. The van der Waals surface area contributed by atoms with Gasteiger partial charge in [-0.15, -0.1) is 0 Å². The van der Waals surface area contributed by atoms with Crippen molar-refractivity contribution in [2.45, 2.75) is 32.4 Å². The minimum absolute atomic E-state index is 0.0695. The van der Waals surface area contributed by atoms with E-state index < -0.39 is 0 Å². The Balaban J connectivity index is 1.42. The first-order valence-electron chi connectivity index (χ1n) is 9.27. The summed E-state index contributed by atoms with van der Waals surface area (Å²) in [5, 5.41) is 4.89. The van der Waals surface area contributed by atoms with Crippen LogP contribution in [0.25, 0.3) is 0 Å². The van der Waals surface area contributed by atoms with E-state index in [2.05, 4.69) is 5.16 Å². The van der Waals surface area contributed by atoms with E-state index in [4.69, 9.17) is 25.9 Å². The number of benzene rings is 2. The quantitative estimate of drug-likeness (QED) is 0.735. The van der Waals surface area contributed by atoms with Crippen molar-refractivity contribution in [1.82, 2.24) is 4.90 Å². The first-order valence-corrected chi connectivity index (χ1v) is 9.65. The molecule has 0 saturated carbocycles. The van der Waals surface area contributed by atoms with Gasteiger partial charge in [-0.25, -0.2) is 0 Å². The Bertz CT molecular complexity index is 915. The molecule has 6 nitrogen and oxygen atoms in total. The summed E-state index contributed by atoms with van der Waals surface area (Å²) in [6.45, 7) is 3.06. The van der Waals surface area contributed by atoms with Gasteiger partial charge in [-0.1, -0.05) is 35.8 Å². The third-order valence-electron chi connectivity index (χ3n) is 4.78. The first kappa shape index (κ1) is 18.6. The molecule has 7 heteroatoms. The van der Waals surface area contributed by atoms with Crippen LogP contribution < -0.4 is 9.47 Å². The number of hydrogen-bond donors (Lipinski definition) is 0. The number of oxime groups is 1. The van der Waals surface area contributed by atoms with Crippen LogP contribution in [-0.4, -0.2) is 36.0 Å². The summed E-state index contributed by atoms with van der Waals surface area (Å²) in [7, 11) is 0. The topological polar surface area (TPSA) is 60.4 Å². The second-order valence-electron chi connectivity index (χ2n) is 6.80. The van der Waals surface area contributed by atoms with Gasteiger partial charge in [0.05, 0.1) is 12.3 Å². The van der Waals surface area contributed by atoms with Crippen molar-refractivity contribution in [3.63, 3.8) is 0 Å². The van der Waals surface area contributed by atoms with E-state index in [0.29, 0.717) is 36.7 Å². The molecule has 2 heterocycles. The van der Waals surface area contributed by atoms with Gasteiger partial charge < -0.3 is 19.2 Å². The van der Waals surface area contributed by atoms with Crippen LogP contribution in [0.4, 0.5) is 0 Å². The maximum Gasteiger partial charge on any atom is 0.231 e. The molecule has 0 aromatic heterocycles. The zero-order valence-corrected chi connectivity index (χ0v) is 16.3. The number of ether oxygens (including phenoxy) is 2. The Morgan fingerprint density at radius 3 is 2.89 bits per heavy atom. The van der Waals surface area contributed by atoms with Crippen LogP contribution >= 0.6 is 11.6 Å². The second-order valence-corrected chi connectivity index (χ2v) is 7.23. The molecular formula is C21H21ClN2O4. The van der Waals surface area contributed by atoms with Gasteiger partial charge in [-0.2, -0.15) is 0 Å². The normalized spacial score (nSPS) is 17.2. The molecular weight excluding hydrogens is 380 g/mol. The average molecular weight is 401 g/mol. The average Bonchev–Trinajstić information content (AvgIpc) is 3.35. The lowest BCUT2D eigenvalue weighted by molar-refractivity contribution is -0.133. The van der Waals surface area contributed by atoms with Crippen LogP contribution in [0.1, 0.15) is 30.9 Å². The summed E-state index contributed by atoms with van der Waals surface area (Å²) in [6.07, 6.45) is 0.876. The van der Waals surface area contributed by atoms with Crippen molar-refractivity contribution in [3.05, 3.63) is 58.6 Å². The van der Waals surface area contributed by atoms with Crippen molar-refractivity contribution in [2.24, 2.45) is 5.16 Å². The molecule has 0 fully saturated rings. The number of hydrogen-bond acceptors (Lipinski definition) is 5. The molecule has 28 heavy (non-hydrogen) atoms. The van der Waals surface area contributed by atoms with E-state index in [1.807, 2.05) is 49.4 Å². The van der Waals surface area contributed by atoms with Gasteiger partial charge in [-0.3, -0.25) is 4.79 Å². The number of rotatable bonds is 6. The summed E-state index contributed by atoms with van der Waals surface area (Å²) < 4.78 is 10.8. The van der Waals surface area contributed by atoms with Crippen molar-refractivity contribution in [1.29, 1.82) is 0 Å². The van der Waals surface area contributed by atoms with Gasteiger partial charge >= 0.3 is 0 Å². The fourth-order valence-corrected chi connectivity index (χ4v) is 3.57. The van der Waals surface area contributed by atoms with Crippen LogP contribution in [0.5, 0.6) is 11.5 Å². The van der Waals surface area contributed by atoms with Crippen LogP contribution in [0.15, 0.2) is 47.6 Å². The predicted octanol–water partition coefficient (Wildman–Crippen LogP) is 4.00. The summed E-state index contributed by atoms with van der Waals surface area (Å²) in [4.78, 5) is 19.9. The minimum Gasteiger partial charge on any atom is -0.454 e. The number of carbonyl (C=O) groups excluding carboxylic acids is 1. The molecule has 0 saturated heterocycles. The third kappa shape index (κ3) is 4.07. The maximum absolute atomic E-state index is 12.4. The SMILES string of the molecule is CCC(=O)N(Cc1cccc(Cl)c1)C[C@H]1CC(c2ccc3c(c2)OCO3)=NO1. The molecule has 0 spiro atoms. The molecule has 2 aliphatic heterocycles. The smallest absolute Gasteiger partial charge is 0.231 e. The predicted molar refractivity (Wildman–Crippen MR) is 106 cm³/mol. The number of fused-ring (bicyclic) bond motifs is 1. The summed E-state index contributed by atoms with van der Waals surface area (Å²) in [5.74, 6) is 1.52. The van der Waals surface area contributed by atoms with Crippen molar-refractivity contribution in [3.8, 4) is 11.5 Å². The van der Waals surface area contributed by atoms with Crippen LogP contribution in [-0.2, 0) is 16.2 Å². The largest absolute Gasteiger partial charge is 0.454 e. The van der Waals surface area contributed by atoms with Crippen molar-refractivity contribution in [2.75, 3.05) is 13.3 Å². The molecule has 0 aliphatic carbocycles. The van der Waals surface area contributed by atoms with Crippen molar-refractivity contribution >= 4 is 23.2 Å². The zero-order valence-electron chi connectivity index (χ0n) is 15.6. The lowest BCUT2D eigenvalue weighted by Crippen LogP contribution is -2.36. The Morgan fingerprint density at radius 1 is 1.21 bits per heavy atom. The Kier molecular flexibility index (Phi) is 5.39. The van der Waals surface area contributed by atoms with Gasteiger partial charge in [0.1, 0.15) is 0 Å². The van der Waals surface area contributed by atoms with E-state index in [1.54, 1.807) is 4.90 Å². The molecule has 0 bridgehead atoms. The lowest BCUT2D eigenvalue weighted by atomic mass is 10.0. The number of carbonyl (C=O) groups is 1. The first-order chi connectivity index (χ1) is 13.6. The van der Waals surface area contributed by atoms with Gasteiger partial charge in [-0.05, 0) is 35.9 Å². The molecule has 0 N–H and O–H groups in total. The minimum atomic E-state index is -0.185. The van der Waals surface area contributed by atoms with Gasteiger partial charge in [0.2, 0.25) is 12.7 Å². The highest BCUT2D eigenvalue weighted by Gasteiger charge is 2.27. The number of nitrogens with zero attached hydrogens (tertiary/aromatic N) is 2. The molecule has 2 aromatic rings. The molecule has 1 atom stereocenters. The van der Waals surface area contributed by atoms with E-state index >= 15 is 0 Å². The van der Waals surface area contributed by atoms with Gasteiger partial charge in [0, 0.05) is 30.0 Å². The highest BCUT2D eigenvalue weighted by Crippen LogP contribution is 2.33. The van der Waals surface area contributed by atoms with E-state index in [9.17, 15) is 4.79 Å². The second kappa shape index (κ2) is 8.10. The molecule has 146 valence electrons. The summed E-state index contributed by atoms with van der Waals surface area (Å²) in [5.41, 5.74) is 2.77. The molecule has 2 aromatic carbocycles. The zero-order chi connectivity index (χ0) is 19.5. The highest BCUT2D eigenvalue weighted by atomic mass is 35.5. The Morgan fingerprint density at radius 2 is 2.07 bits per heavy atom. The van der Waals surface area contributed by atoms with Crippen molar-refractivity contribution < 1.29 is 19.1 Å². The number of amides is 1. The highest BCUT2D eigenvalue weighted by molar-refractivity contribution is 6.30. The summed E-state index contributed by atoms with van der Waals surface area (Å²) >= 11 is 6.07. The monoisotopic (exact) mass is 400 g/mol. The van der Waals surface area contributed by atoms with E-state index in [0.717, 1.165) is 22.6 Å². The van der Waals surface area contributed by atoms with E-state index in [1.165, 1.54) is 0 Å². The molecule has 1 amide bonds.